The van der Waals surface area contributed by atoms with Gasteiger partial charge in [0.1, 0.15) is 4.90 Å². The average Bonchev–Trinajstić information content (AvgIpc) is 3.08. The van der Waals surface area contributed by atoms with Crippen LogP contribution in [0.25, 0.3) is 0 Å². The zero-order valence-electron chi connectivity index (χ0n) is 13.2. The molecule has 0 N–H and O–H groups in total. The van der Waals surface area contributed by atoms with Crippen LogP contribution in [0.15, 0.2) is 41.6 Å². The van der Waals surface area contributed by atoms with Gasteiger partial charge in [-0.3, -0.25) is 14.8 Å². The van der Waals surface area contributed by atoms with Gasteiger partial charge in [0.2, 0.25) is 0 Å². The van der Waals surface area contributed by atoms with Gasteiger partial charge in [-0.2, -0.15) is 5.10 Å². The minimum absolute atomic E-state index is 0.237. The third-order valence-corrected chi connectivity index (χ3v) is 5.39. The lowest BCUT2D eigenvalue weighted by Gasteiger charge is -2.33. The molecule has 1 aromatic heterocycles. The fraction of sp³-hybridized carbons (Fsp3) is 0.400. The molecule has 9 heteroatoms. The smallest absolute Gasteiger partial charge is 0.288 e. The van der Waals surface area contributed by atoms with Crippen molar-refractivity contribution in [1.29, 1.82) is 0 Å². The standard InChI is InChI=1S/C15H18N4O4S/c1-24(22,23)15-11-13(3-4-14(15)19(20)21)17-9-5-12(6-10-17)18-8-2-7-16-18/h2-4,7-8,11-12H,5-6,9-10H2,1H3. The second-order valence-electron chi connectivity index (χ2n) is 5.89. The number of nitrogens with zero attached hydrogens (tertiary/aromatic N) is 4. The van der Waals surface area contributed by atoms with Crippen LogP contribution in [0.2, 0.25) is 0 Å². The van der Waals surface area contributed by atoms with Crippen molar-refractivity contribution >= 4 is 21.2 Å². The molecule has 0 bridgehead atoms. The highest BCUT2D eigenvalue weighted by atomic mass is 32.2. The van der Waals surface area contributed by atoms with Crippen molar-refractivity contribution in [2.75, 3.05) is 24.2 Å². The van der Waals surface area contributed by atoms with Gasteiger partial charge in [-0.05, 0) is 31.0 Å². The zero-order valence-corrected chi connectivity index (χ0v) is 14.0. The number of nitro benzene ring substituents is 1. The summed E-state index contributed by atoms with van der Waals surface area (Å²) in [5, 5.41) is 15.3. The lowest BCUT2D eigenvalue weighted by atomic mass is 10.0. The van der Waals surface area contributed by atoms with Crippen LogP contribution in [-0.2, 0) is 9.84 Å². The van der Waals surface area contributed by atoms with Crippen LogP contribution in [0.1, 0.15) is 18.9 Å². The van der Waals surface area contributed by atoms with Gasteiger partial charge in [0.05, 0.1) is 11.0 Å². The maximum atomic E-state index is 11.9. The van der Waals surface area contributed by atoms with Crippen LogP contribution in [0.3, 0.4) is 0 Å². The number of sulfone groups is 1. The molecule has 2 heterocycles. The Morgan fingerprint density at radius 1 is 1.29 bits per heavy atom. The first-order valence-corrected chi connectivity index (χ1v) is 9.48. The molecule has 1 fully saturated rings. The number of rotatable bonds is 4. The largest absolute Gasteiger partial charge is 0.371 e. The SMILES string of the molecule is CS(=O)(=O)c1cc(N2CCC(n3cccn3)CC2)ccc1[N+](=O)[O-]. The van der Waals surface area contributed by atoms with Gasteiger partial charge in [-0.25, -0.2) is 8.42 Å². The zero-order chi connectivity index (χ0) is 17.3. The third kappa shape index (κ3) is 3.25. The molecule has 8 nitrogen and oxygen atoms in total. The number of piperidine rings is 1. The van der Waals surface area contributed by atoms with Crippen molar-refractivity contribution < 1.29 is 13.3 Å². The molecular weight excluding hydrogens is 332 g/mol. The lowest BCUT2D eigenvalue weighted by molar-refractivity contribution is -0.387. The van der Waals surface area contributed by atoms with Gasteiger partial charge in [0.25, 0.3) is 5.69 Å². The normalized spacial score (nSPS) is 16.3. The van der Waals surface area contributed by atoms with E-state index in [0.29, 0.717) is 11.7 Å². The molecule has 0 amide bonds. The molecule has 0 aliphatic carbocycles. The maximum absolute atomic E-state index is 11.9. The molecule has 0 atom stereocenters. The second-order valence-corrected chi connectivity index (χ2v) is 7.87. The monoisotopic (exact) mass is 350 g/mol. The third-order valence-electron chi connectivity index (χ3n) is 4.27. The van der Waals surface area contributed by atoms with Crippen molar-refractivity contribution in [1.82, 2.24) is 9.78 Å². The summed E-state index contributed by atoms with van der Waals surface area (Å²) in [5.41, 5.74) is 0.313. The number of aromatic nitrogens is 2. The van der Waals surface area contributed by atoms with Crippen molar-refractivity contribution in [2.45, 2.75) is 23.8 Å². The van der Waals surface area contributed by atoms with Gasteiger partial charge in [-0.1, -0.05) is 0 Å². The Balaban J connectivity index is 1.82. The molecule has 3 rings (SSSR count). The van der Waals surface area contributed by atoms with E-state index < -0.39 is 14.8 Å². The van der Waals surface area contributed by atoms with E-state index in [2.05, 4.69) is 10.00 Å². The van der Waals surface area contributed by atoms with Gasteiger partial charge in [-0.15, -0.1) is 0 Å². The summed E-state index contributed by atoms with van der Waals surface area (Å²) in [6.07, 6.45) is 6.44. The molecule has 128 valence electrons. The summed E-state index contributed by atoms with van der Waals surface area (Å²) in [5.74, 6) is 0. The molecule has 0 spiro atoms. The summed E-state index contributed by atoms with van der Waals surface area (Å²) < 4.78 is 25.7. The highest BCUT2D eigenvalue weighted by Gasteiger charge is 2.26. The van der Waals surface area contributed by atoms with Crippen LogP contribution in [0.5, 0.6) is 0 Å². The van der Waals surface area contributed by atoms with Gasteiger partial charge < -0.3 is 4.90 Å². The fourth-order valence-corrected chi connectivity index (χ4v) is 3.89. The minimum Gasteiger partial charge on any atom is -0.371 e. The molecule has 2 aromatic rings. The summed E-state index contributed by atoms with van der Waals surface area (Å²) in [6, 6.07) is 6.50. The molecule has 1 aliphatic rings. The first-order chi connectivity index (χ1) is 11.4. The number of benzene rings is 1. The highest BCUT2D eigenvalue weighted by molar-refractivity contribution is 7.90. The lowest BCUT2D eigenvalue weighted by Crippen LogP contribution is -2.34. The molecule has 1 aliphatic heterocycles. The minimum atomic E-state index is -3.67. The summed E-state index contributed by atoms with van der Waals surface area (Å²) in [7, 11) is -3.67. The highest BCUT2D eigenvalue weighted by Crippen LogP contribution is 2.31. The van der Waals surface area contributed by atoms with Crippen LogP contribution >= 0.6 is 0 Å². The summed E-state index contributed by atoms with van der Waals surface area (Å²) >= 11 is 0. The average molecular weight is 350 g/mol. The van der Waals surface area contributed by atoms with E-state index >= 15 is 0 Å². The van der Waals surface area contributed by atoms with Crippen molar-refractivity contribution in [3.8, 4) is 0 Å². The molecule has 0 saturated carbocycles. The molecule has 0 unspecified atom stereocenters. The number of hydrogen-bond donors (Lipinski definition) is 0. The maximum Gasteiger partial charge on any atom is 0.288 e. The Kier molecular flexibility index (Phi) is 4.27. The van der Waals surface area contributed by atoms with Gasteiger partial charge in [0, 0.05) is 43.5 Å². The van der Waals surface area contributed by atoms with Crippen LogP contribution < -0.4 is 4.90 Å². The number of nitro groups is 1. The van der Waals surface area contributed by atoms with E-state index in [1.54, 1.807) is 12.3 Å². The van der Waals surface area contributed by atoms with Crippen molar-refractivity contribution in [3.05, 3.63) is 46.8 Å². The molecule has 24 heavy (non-hydrogen) atoms. The Morgan fingerprint density at radius 3 is 2.54 bits per heavy atom. The number of anilines is 1. The van der Waals surface area contributed by atoms with Crippen molar-refractivity contribution in [2.24, 2.45) is 0 Å². The molecular formula is C15H18N4O4S. The summed E-state index contributed by atoms with van der Waals surface area (Å²) in [6.45, 7) is 1.48. The van der Waals surface area contributed by atoms with E-state index in [4.69, 9.17) is 0 Å². The van der Waals surface area contributed by atoms with E-state index in [-0.39, 0.29) is 10.6 Å². The first-order valence-electron chi connectivity index (χ1n) is 7.59. The predicted octanol–water partition coefficient (Wildman–Crippen LogP) is 2.04. The fourth-order valence-electron chi connectivity index (χ4n) is 3.03. The second kappa shape index (κ2) is 6.23. The van der Waals surface area contributed by atoms with E-state index in [1.165, 1.54) is 12.1 Å². The molecule has 0 radical (unpaired) electrons. The van der Waals surface area contributed by atoms with Crippen molar-refractivity contribution in [3.63, 3.8) is 0 Å². The number of hydrogen-bond acceptors (Lipinski definition) is 6. The topological polar surface area (TPSA) is 98.3 Å². The quantitative estimate of drug-likeness (QED) is 0.618. The predicted molar refractivity (Wildman–Crippen MR) is 88.9 cm³/mol. The van der Waals surface area contributed by atoms with E-state index in [9.17, 15) is 18.5 Å². The molecule has 1 aromatic carbocycles. The van der Waals surface area contributed by atoms with Crippen LogP contribution in [0.4, 0.5) is 11.4 Å². The van der Waals surface area contributed by atoms with E-state index in [1.807, 2.05) is 16.9 Å². The Labute approximate surface area is 139 Å². The van der Waals surface area contributed by atoms with Gasteiger partial charge >= 0.3 is 0 Å². The van der Waals surface area contributed by atoms with Crippen LogP contribution in [0, 0.1) is 10.1 Å². The Morgan fingerprint density at radius 2 is 2.00 bits per heavy atom. The van der Waals surface area contributed by atoms with E-state index in [0.717, 1.165) is 32.2 Å². The Bertz CT molecular complexity index is 840. The summed E-state index contributed by atoms with van der Waals surface area (Å²) in [4.78, 5) is 12.2. The van der Waals surface area contributed by atoms with Gasteiger partial charge in [0.15, 0.2) is 9.84 Å². The Hall–Kier alpha value is -2.42. The first kappa shape index (κ1) is 16.4. The molecule has 1 saturated heterocycles. The van der Waals surface area contributed by atoms with Crippen LogP contribution in [-0.4, -0.2) is 42.5 Å².